The van der Waals surface area contributed by atoms with Gasteiger partial charge in [-0.2, -0.15) is 0 Å². The molecule has 0 radical (unpaired) electrons. The molecule has 220 valence electrons. The standard InChI is InChI=1S/C30H27Cl2NO9/c1-14(33-26(34)22-23(27(35)36)25(30(40)41-2)24(22)28(37)38)21(12-15-7-10-19(31)20(32)11-15)42-29(39)18-9-8-16-5-3-4-6-17(16)13-18/h3-11,13-14,21-25H,12H2,1-2H3,(H,33,34)(H,35,36)(H,37,38)/t14?,21?,22-,23-,24-,25-/m0/s1. The maximum absolute atomic E-state index is 13.3. The van der Waals surface area contributed by atoms with Crippen LogP contribution in [0.5, 0.6) is 0 Å². The van der Waals surface area contributed by atoms with Gasteiger partial charge in [0, 0.05) is 6.42 Å². The number of esters is 2. The van der Waals surface area contributed by atoms with Crippen molar-refractivity contribution in [3.05, 3.63) is 81.8 Å². The van der Waals surface area contributed by atoms with Gasteiger partial charge in [-0.25, -0.2) is 4.79 Å². The summed E-state index contributed by atoms with van der Waals surface area (Å²) in [5, 5.41) is 24.3. The van der Waals surface area contributed by atoms with Gasteiger partial charge in [0.15, 0.2) is 0 Å². The Bertz CT molecular complexity index is 1540. The number of amides is 1. The molecule has 2 unspecified atom stereocenters. The van der Waals surface area contributed by atoms with Gasteiger partial charge in [0.05, 0.1) is 52.4 Å². The number of hydrogen-bond donors (Lipinski definition) is 3. The Morgan fingerprint density at radius 3 is 2.07 bits per heavy atom. The zero-order valence-corrected chi connectivity index (χ0v) is 24.0. The van der Waals surface area contributed by atoms with Crippen LogP contribution < -0.4 is 5.32 Å². The summed E-state index contributed by atoms with van der Waals surface area (Å²) in [5.41, 5.74) is 0.895. The van der Waals surface area contributed by atoms with Crippen molar-refractivity contribution in [1.82, 2.24) is 5.32 Å². The van der Waals surface area contributed by atoms with Crippen LogP contribution in [-0.4, -0.2) is 59.3 Å². The van der Waals surface area contributed by atoms with Crippen molar-refractivity contribution >= 4 is 63.8 Å². The molecule has 0 heterocycles. The lowest BCUT2D eigenvalue weighted by Gasteiger charge is -2.45. The van der Waals surface area contributed by atoms with Gasteiger partial charge in [-0.3, -0.25) is 19.2 Å². The molecule has 10 nitrogen and oxygen atoms in total. The third kappa shape index (κ3) is 6.34. The average molecular weight is 616 g/mol. The van der Waals surface area contributed by atoms with Gasteiger partial charge in [0.1, 0.15) is 6.10 Å². The molecule has 1 aliphatic carbocycles. The predicted octanol–water partition coefficient (Wildman–Crippen LogP) is 4.24. The lowest BCUT2D eigenvalue weighted by molar-refractivity contribution is -0.188. The van der Waals surface area contributed by atoms with E-state index in [0.717, 1.165) is 17.9 Å². The minimum atomic E-state index is -1.61. The highest BCUT2D eigenvalue weighted by molar-refractivity contribution is 6.42. The first-order chi connectivity index (χ1) is 19.9. The molecule has 1 saturated carbocycles. The minimum absolute atomic E-state index is 0.0812. The van der Waals surface area contributed by atoms with Crippen molar-refractivity contribution in [2.75, 3.05) is 7.11 Å². The molecule has 0 spiro atoms. The molecule has 0 saturated heterocycles. The topological polar surface area (TPSA) is 156 Å². The number of methoxy groups -OCH3 is 1. The van der Waals surface area contributed by atoms with Gasteiger partial charge in [-0.15, -0.1) is 0 Å². The number of nitrogens with one attached hydrogen (secondary N) is 1. The molecule has 0 aliphatic heterocycles. The number of carbonyl (C=O) groups is 5. The summed E-state index contributed by atoms with van der Waals surface area (Å²) < 4.78 is 10.4. The molecule has 1 amide bonds. The fourth-order valence-corrected chi connectivity index (χ4v) is 5.59. The number of benzene rings is 3. The highest BCUT2D eigenvalue weighted by atomic mass is 35.5. The van der Waals surface area contributed by atoms with Crippen molar-refractivity contribution in [1.29, 1.82) is 0 Å². The third-order valence-electron chi connectivity index (χ3n) is 7.49. The Morgan fingerprint density at radius 1 is 0.833 bits per heavy atom. The van der Waals surface area contributed by atoms with E-state index in [1.54, 1.807) is 36.4 Å². The summed E-state index contributed by atoms with van der Waals surface area (Å²) in [7, 11) is 1.01. The average Bonchev–Trinajstić information content (AvgIpc) is 2.93. The number of fused-ring (bicyclic) bond motifs is 1. The number of rotatable bonds is 10. The summed E-state index contributed by atoms with van der Waals surface area (Å²) in [6.07, 6.45) is -0.911. The van der Waals surface area contributed by atoms with Crippen molar-refractivity contribution in [2.24, 2.45) is 23.7 Å². The number of carboxylic acids is 2. The number of carboxylic acid groups (broad SMARTS) is 2. The molecule has 1 fully saturated rings. The number of hydrogen-bond acceptors (Lipinski definition) is 7. The maximum atomic E-state index is 13.3. The fraction of sp³-hybridized carbons (Fsp3) is 0.300. The maximum Gasteiger partial charge on any atom is 0.338 e. The van der Waals surface area contributed by atoms with E-state index in [2.05, 4.69) is 10.1 Å². The van der Waals surface area contributed by atoms with Gasteiger partial charge >= 0.3 is 23.9 Å². The van der Waals surface area contributed by atoms with E-state index < -0.39 is 65.6 Å². The normalized spacial score (nSPS) is 21.0. The Hall–Kier alpha value is -4.15. The van der Waals surface area contributed by atoms with Gasteiger partial charge in [0.2, 0.25) is 5.91 Å². The monoisotopic (exact) mass is 615 g/mol. The smallest absolute Gasteiger partial charge is 0.338 e. The quantitative estimate of drug-likeness (QED) is 0.284. The SMILES string of the molecule is COC(=O)[C@H]1[C@@H](C(=O)O)[C@H](C(=O)NC(C)C(Cc2ccc(Cl)c(Cl)c2)OC(=O)c2ccc3ccccc3c2)[C@@H]1C(=O)O. The van der Waals surface area contributed by atoms with Crippen LogP contribution in [0, 0.1) is 23.7 Å². The Kier molecular flexibility index (Phi) is 9.38. The fourth-order valence-electron chi connectivity index (χ4n) is 5.27. The van der Waals surface area contributed by atoms with Gasteiger partial charge in [0.25, 0.3) is 0 Å². The van der Waals surface area contributed by atoms with Crippen LogP contribution in [0.4, 0.5) is 0 Å². The van der Waals surface area contributed by atoms with E-state index in [-0.39, 0.29) is 17.0 Å². The number of carbonyl (C=O) groups excluding carboxylic acids is 3. The number of halogens is 2. The first-order valence-electron chi connectivity index (χ1n) is 12.9. The number of ether oxygens (including phenoxy) is 2. The first-order valence-corrected chi connectivity index (χ1v) is 13.7. The summed E-state index contributed by atoms with van der Waals surface area (Å²) in [6.45, 7) is 1.54. The molecular formula is C30H27Cl2NO9. The second-order valence-electron chi connectivity index (χ2n) is 10.1. The van der Waals surface area contributed by atoms with E-state index in [4.69, 9.17) is 27.9 Å². The molecule has 3 aromatic carbocycles. The van der Waals surface area contributed by atoms with E-state index in [0.29, 0.717) is 10.6 Å². The van der Waals surface area contributed by atoms with Crippen LogP contribution in [0.25, 0.3) is 10.8 Å². The second kappa shape index (κ2) is 12.8. The molecule has 0 bridgehead atoms. The number of aliphatic carboxylic acids is 2. The summed E-state index contributed by atoms with van der Waals surface area (Å²) in [5.74, 6) is -12.0. The van der Waals surface area contributed by atoms with Crippen molar-refractivity contribution < 1.29 is 43.7 Å². The van der Waals surface area contributed by atoms with Crippen LogP contribution in [0.3, 0.4) is 0 Å². The summed E-state index contributed by atoms with van der Waals surface area (Å²) in [6, 6.07) is 16.4. The highest BCUT2D eigenvalue weighted by Crippen LogP contribution is 2.47. The molecule has 4 atom stereocenters. The van der Waals surface area contributed by atoms with Gasteiger partial charge < -0.3 is 25.0 Å². The molecule has 42 heavy (non-hydrogen) atoms. The zero-order chi connectivity index (χ0) is 30.7. The Labute approximate surface area is 250 Å². The Balaban J connectivity index is 1.59. The van der Waals surface area contributed by atoms with Crippen LogP contribution in [-0.2, 0) is 35.1 Å². The molecule has 3 N–H and O–H groups in total. The van der Waals surface area contributed by atoms with Crippen LogP contribution >= 0.6 is 23.2 Å². The molecule has 3 aromatic rings. The first kappa shape index (κ1) is 30.8. The van der Waals surface area contributed by atoms with Gasteiger partial charge in [-0.1, -0.05) is 59.6 Å². The van der Waals surface area contributed by atoms with Gasteiger partial charge in [-0.05, 0) is 47.5 Å². The lowest BCUT2D eigenvalue weighted by Crippen LogP contribution is -2.63. The van der Waals surface area contributed by atoms with E-state index in [9.17, 15) is 34.2 Å². The van der Waals surface area contributed by atoms with Crippen LogP contribution in [0.2, 0.25) is 10.0 Å². The molecule has 0 aromatic heterocycles. The Morgan fingerprint density at radius 2 is 1.48 bits per heavy atom. The second-order valence-corrected chi connectivity index (χ2v) is 10.9. The summed E-state index contributed by atoms with van der Waals surface area (Å²) in [4.78, 5) is 62.6. The van der Waals surface area contributed by atoms with E-state index in [1.165, 1.54) is 6.92 Å². The molecular weight excluding hydrogens is 589 g/mol. The predicted molar refractivity (Wildman–Crippen MR) is 152 cm³/mol. The highest BCUT2D eigenvalue weighted by Gasteiger charge is 2.64. The largest absolute Gasteiger partial charge is 0.481 e. The molecule has 12 heteroatoms. The molecule has 1 aliphatic rings. The van der Waals surface area contributed by atoms with Crippen LogP contribution in [0.15, 0.2) is 60.7 Å². The molecule has 4 rings (SSSR count). The van der Waals surface area contributed by atoms with E-state index in [1.807, 2.05) is 24.3 Å². The van der Waals surface area contributed by atoms with Crippen molar-refractivity contribution in [3.63, 3.8) is 0 Å². The lowest BCUT2D eigenvalue weighted by atomic mass is 9.56. The van der Waals surface area contributed by atoms with E-state index >= 15 is 0 Å². The minimum Gasteiger partial charge on any atom is -0.481 e. The van der Waals surface area contributed by atoms with Crippen LogP contribution in [0.1, 0.15) is 22.8 Å². The van der Waals surface area contributed by atoms with Crippen molar-refractivity contribution in [2.45, 2.75) is 25.5 Å². The zero-order valence-electron chi connectivity index (χ0n) is 22.5. The van der Waals surface area contributed by atoms with Crippen molar-refractivity contribution in [3.8, 4) is 0 Å². The third-order valence-corrected chi connectivity index (χ3v) is 8.23. The summed E-state index contributed by atoms with van der Waals surface area (Å²) >= 11 is 12.2.